The summed E-state index contributed by atoms with van der Waals surface area (Å²) in [4.78, 5) is 8.75. The van der Waals surface area contributed by atoms with Gasteiger partial charge >= 0.3 is 0 Å². The van der Waals surface area contributed by atoms with E-state index in [4.69, 9.17) is 9.47 Å². The zero-order valence-electron chi connectivity index (χ0n) is 10.8. The molecule has 19 heavy (non-hydrogen) atoms. The van der Waals surface area contributed by atoms with Crippen LogP contribution < -0.4 is 0 Å². The number of methoxy groups -OCH3 is 2. The number of hydrogen-bond acceptors (Lipinski definition) is 4. The van der Waals surface area contributed by atoms with E-state index < -0.39 is 6.29 Å². The standard InChI is InChI=1S/C14H15BrN2O2/c1-18-14(19-2)12-7-8-16-13(17-12)9-10-5-3-4-6-11(10)15/h3-8,14H,9H2,1-2H3. The second-order valence-corrected chi connectivity index (χ2v) is 4.82. The lowest BCUT2D eigenvalue weighted by Gasteiger charge is -2.13. The molecule has 0 bridgehead atoms. The molecule has 100 valence electrons. The van der Waals surface area contributed by atoms with Gasteiger partial charge in [0, 0.05) is 31.3 Å². The molecule has 0 spiro atoms. The minimum Gasteiger partial charge on any atom is -0.350 e. The van der Waals surface area contributed by atoms with Crippen LogP contribution in [-0.2, 0) is 15.9 Å². The van der Waals surface area contributed by atoms with Gasteiger partial charge in [0.05, 0.1) is 5.69 Å². The van der Waals surface area contributed by atoms with E-state index in [9.17, 15) is 0 Å². The fourth-order valence-electron chi connectivity index (χ4n) is 1.78. The van der Waals surface area contributed by atoms with Gasteiger partial charge in [0.15, 0.2) is 0 Å². The quantitative estimate of drug-likeness (QED) is 0.793. The number of aromatic nitrogens is 2. The summed E-state index contributed by atoms with van der Waals surface area (Å²) in [6.45, 7) is 0. The largest absolute Gasteiger partial charge is 0.350 e. The van der Waals surface area contributed by atoms with Gasteiger partial charge in [-0.2, -0.15) is 0 Å². The molecule has 2 aromatic rings. The summed E-state index contributed by atoms with van der Waals surface area (Å²) in [5, 5.41) is 0. The minimum absolute atomic E-state index is 0.457. The second kappa shape index (κ2) is 6.75. The number of ether oxygens (including phenoxy) is 2. The Morgan fingerprint density at radius 1 is 1.16 bits per heavy atom. The lowest BCUT2D eigenvalue weighted by Crippen LogP contribution is -2.08. The van der Waals surface area contributed by atoms with Gasteiger partial charge in [0.1, 0.15) is 5.82 Å². The van der Waals surface area contributed by atoms with Gasteiger partial charge in [0.2, 0.25) is 6.29 Å². The van der Waals surface area contributed by atoms with Gasteiger partial charge in [-0.1, -0.05) is 34.1 Å². The molecule has 0 saturated carbocycles. The van der Waals surface area contributed by atoms with E-state index in [0.29, 0.717) is 6.42 Å². The van der Waals surface area contributed by atoms with Crippen molar-refractivity contribution < 1.29 is 9.47 Å². The Balaban J connectivity index is 2.22. The first-order valence-corrected chi connectivity index (χ1v) is 6.64. The van der Waals surface area contributed by atoms with Crippen LogP contribution in [-0.4, -0.2) is 24.2 Å². The molecule has 0 atom stereocenters. The van der Waals surface area contributed by atoms with Gasteiger partial charge in [-0.3, -0.25) is 0 Å². The Kier molecular flexibility index (Phi) is 5.01. The summed E-state index contributed by atoms with van der Waals surface area (Å²) in [6.07, 6.45) is 1.93. The van der Waals surface area contributed by atoms with E-state index in [1.54, 1.807) is 26.5 Å². The molecule has 0 radical (unpaired) electrons. The number of rotatable bonds is 5. The van der Waals surface area contributed by atoms with Crippen molar-refractivity contribution in [1.29, 1.82) is 0 Å². The van der Waals surface area contributed by atoms with Crippen LogP contribution in [0.15, 0.2) is 41.0 Å². The van der Waals surface area contributed by atoms with Crippen LogP contribution in [0, 0.1) is 0 Å². The lowest BCUT2D eigenvalue weighted by atomic mass is 10.1. The molecule has 0 saturated heterocycles. The number of hydrogen-bond donors (Lipinski definition) is 0. The number of benzene rings is 1. The summed E-state index contributed by atoms with van der Waals surface area (Å²) < 4.78 is 11.4. The van der Waals surface area contributed by atoms with Gasteiger partial charge in [0.25, 0.3) is 0 Å². The molecule has 5 heteroatoms. The second-order valence-electron chi connectivity index (χ2n) is 3.97. The Labute approximate surface area is 120 Å². The van der Waals surface area contributed by atoms with Crippen LogP contribution in [0.4, 0.5) is 0 Å². The fraction of sp³-hybridized carbons (Fsp3) is 0.286. The molecule has 0 amide bonds. The van der Waals surface area contributed by atoms with E-state index in [1.165, 1.54) is 0 Å². The smallest absolute Gasteiger partial charge is 0.200 e. The van der Waals surface area contributed by atoms with Crippen molar-refractivity contribution in [1.82, 2.24) is 9.97 Å². The molecule has 1 aromatic carbocycles. The van der Waals surface area contributed by atoms with Crippen molar-refractivity contribution in [2.45, 2.75) is 12.7 Å². The van der Waals surface area contributed by atoms with Crippen LogP contribution in [0.25, 0.3) is 0 Å². The van der Waals surface area contributed by atoms with Crippen molar-refractivity contribution >= 4 is 15.9 Å². The van der Waals surface area contributed by atoms with Crippen molar-refractivity contribution in [2.75, 3.05) is 14.2 Å². The highest BCUT2D eigenvalue weighted by atomic mass is 79.9. The van der Waals surface area contributed by atoms with Crippen LogP contribution in [0.1, 0.15) is 23.4 Å². The van der Waals surface area contributed by atoms with E-state index in [1.807, 2.05) is 24.3 Å². The first-order valence-electron chi connectivity index (χ1n) is 5.85. The summed E-state index contributed by atoms with van der Waals surface area (Å²) >= 11 is 3.52. The highest BCUT2D eigenvalue weighted by Crippen LogP contribution is 2.19. The van der Waals surface area contributed by atoms with Crippen LogP contribution in [0.5, 0.6) is 0 Å². The SMILES string of the molecule is COC(OC)c1ccnc(Cc2ccccc2Br)n1. The van der Waals surface area contributed by atoms with E-state index in [2.05, 4.69) is 25.9 Å². The first-order chi connectivity index (χ1) is 9.24. The molecule has 0 unspecified atom stereocenters. The van der Waals surface area contributed by atoms with E-state index in [0.717, 1.165) is 21.6 Å². The highest BCUT2D eigenvalue weighted by Gasteiger charge is 2.12. The zero-order chi connectivity index (χ0) is 13.7. The summed E-state index contributed by atoms with van der Waals surface area (Å²) in [5.41, 5.74) is 1.87. The fourth-order valence-corrected chi connectivity index (χ4v) is 2.21. The predicted molar refractivity (Wildman–Crippen MR) is 75.7 cm³/mol. The van der Waals surface area contributed by atoms with E-state index >= 15 is 0 Å². The van der Waals surface area contributed by atoms with Crippen molar-refractivity contribution in [3.05, 3.63) is 58.1 Å². The third-order valence-electron chi connectivity index (χ3n) is 2.70. The van der Waals surface area contributed by atoms with Gasteiger partial charge in [-0.05, 0) is 17.7 Å². The maximum Gasteiger partial charge on any atom is 0.200 e. The van der Waals surface area contributed by atoms with Crippen molar-refractivity contribution in [2.24, 2.45) is 0 Å². The minimum atomic E-state index is -0.457. The lowest BCUT2D eigenvalue weighted by molar-refractivity contribution is -0.108. The summed E-state index contributed by atoms with van der Waals surface area (Å²) in [7, 11) is 3.17. The summed E-state index contributed by atoms with van der Waals surface area (Å²) in [6, 6.07) is 9.82. The van der Waals surface area contributed by atoms with Crippen LogP contribution in [0.3, 0.4) is 0 Å². The Morgan fingerprint density at radius 3 is 2.58 bits per heavy atom. The van der Waals surface area contributed by atoms with Crippen molar-refractivity contribution in [3.8, 4) is 0 Å². The molecule has 0 N–H and O–H groups in total. The predicted octanol–water partition coefficient (Wildman–Crippen LogP) is 3.12. The molecule has 4 nitrogen and oxygen atoms in total. The molecule has 0 aliphatic heterocycles. The molecule has 0 aliphatic carbocycles. The molecule has 0 aliphatic rings. The average Bonchev–Trinajstić information content (AvgIpc) is 2.43. The third-order valence-corrected chi connectivity index (χ3v) is 3.48. The van der Waals surface area contributed by atoms with E-state index in [-0.39, 0.29) is 0 Å². The summed E-state index contributed by atoms with van der Waals surface area (Å²) in [5.74, 6) is 0.739. The zero-order valence-corrected chi connectivity index (χ0v) is 12.4. The molecular weight excluding hydrogens is 308 g/mol. The molecule has 2 rings (SSSR count). The van der Waals surface area contributed by atoms with Gasteiger partial charge in [-0.15, -0.1) is 0 Å². The molecule has 1 heterocycles. The van der Waals surface area contributed by atoms with Crippen molar-refractivity contribution in [3.63, 3.8) is 0 Å². The normalized spacial score (nSPS) is 10.9. The molecule has 0 fully saturated rings. The highest BCUT2D eigenvalue weighted by molar-refractivity contribution is 9.10. The van der Waals surface area contributed by atoms with Crippen LogP contribution in [0.2, 0.25) is 0 Å². The Hall–Kier alpha value is -1.30. The Morgan fingerprint density at radius 2 is 1.89 bits per heavy atom. The maximum atomic E-state index is 5.19. The van der Waals surface area contributed by atoms with Crippen LogP contribution >= 0.6 is 15.9 Å². The average molecular weight is 323 g/mol. The number of halogens is 1. The third kappa shape index (κ3) is 3.59. The van der Waals surface area contributed by atoms with Gasteiger partial charge in [-0.25, -0.2) is 9.97 Å². The monoisotopic (exact) mass is 322 g/mol. The van der Waals surface area contributed by atoms with Gasteiger partial charge < -0.3 is 9.47 Å². The molecular formula is C14H15BrN2O2. The Bertz CT molecular complexity index is 544. The number of nitrogens with zero attached hydrogens (tertiary/aromatic N) is 2. The first kappa shape index (κ1) is 14.1. The topological polar surface area (TPSA) is 44.2 Å². The maximum absolute atomic E-state index is 5.19. The molecule has 1 aromatic heterocycles.